The monoisotopic (exact) mass is 414 g/mol. The number of alkyl halides is 3. The number of halogens is 4. The normalized spacial score (nSPS) is 17.0. The van der Waals surface area contributed by atoms with Crippen LogP contribution in [0.2, 0.25) is 0 Å². The van der Waals surface area contributed by atoms with E-state index in [2.05, 4.69) is 0 Å². The first kappa shape index (κ1) is 16.3. The average molecular weight is 414 g/mol. The summed E-state index contributed by atoms with van der Waals surface area (Å²) < 4.78 is 38.4. The zero-order valence-electron chi connectivity index (χ0n) is 11.0. The zero-order chi connectivity index (χ0) is 15.6. The van der Waals surface area contributed by atoms with E-state index in [-0.39, 0.29) is 0 Å². The van der Waals surface area contributed by atoms with Crippen molar-refractivity contribution in [3.05, 3.63) is 32.9 Å². The number of benzene rings is 1. The predicted molar refractivity (Wildman–Crippen MR) is 79.0 cm³/mol. The SMILES string of the molecule is O=C(O)N1CCN(Cc2ccc(C(F)(F)F)cc2I)CC1. The van der Waals surface area contributed by atoms with Gasteiger partial charge in [0.1, 0.15) is 0 Å². The van der Waals surface area contributed by atoms with Crippen molar-refractivity contribution in [3.8, 4) is 0 Å². The van der Waals surface area contributed by atoms with Crippen LogP contribution in [0.15, 0.2) is 18.2 Å². The Morgan fingerprint density at radius 1 is 1.24 bits per heavy atom. The number of rotatable bonds is 2. The minimum Gasteiger partial charge on any atom is -0.465 e. The Balaban J connectivity index is 2.00. The van der Waals surface area contributed by atoms with E-state index in [0.717, 1.165) is 17.7 Å². The van der Waals surface area contributed by atoms with Crippen molar-refractivity contribution in [2.45, 2.75) is 12.7 Å². The minimum atomic E-state index is -4.33. The van der Waals surface area contributed by atoms with E-state index in [1.54, 1.807) is 0 Å². The molecule has 0 saturated carbocycles. The van der Waals surface area contributed by atoms with E-state index in [1.165, 1.54) is 11.0 Å². The van der Waals surface area contributed by atoms with Crippen molar-refractivity contribution in [1.82, 2.24) is 9.80 Å². The molecule has 2 rings (SSSR count). The molecule has 1 heterocycles. The first-order valence-corrected chi connectivity index (χ1v) is 7.41. The van der Waals surface area contributed by atoms with Gasteiger partial charge >= 0.3 is 12.3 Å². The summed E-state index contributed by atoms with van der Waals surface area (Å²) >= 11 is 1.91. The molecule has 0 unspecified atom stereocenters. The first-order chi connectivity index (χ1) is 9.77. The molecule has 1 N–H and O–H groups in total. The molecule has 1 aromatic carbocycles. The van der Waals surface area contributed by atoms with Gasteiger partial charge in [0.05, 0.1) is 5.56 Å². The number of carboxylic acid groups (broad SMARTS) is 1. The van der Waals surface area contributed by atoms with E-state index in [9.17, 15) is 18.0 Å². The van der Waals surface area contributed by atoms with Crippen LogP contribution in [0.1, 0.15) is 11.1 Å². The molecule has 1 saturated heterocycles. The van der Waals surface area contributed by atoms with E-state index >= 15 is 0 Å². The molecule has 0 aliphatic carbocycles. The number of hydrogen-bond acceptors (Lipinski definition) is 2. The molecule has 1 aliphatic rings. The molecule has 0 bridgehead atoms. The van der Waals surface area contributed by atoms with E-state index in [0.29, 0.717) is 36.3 Å². The van der Waals surface area contributed by atoms with Gasteiger partial charge in [0.25, 0.3) is 0 Å². The number of hydrogen-bond donors (Lipinski definition) is 1. The summed E-state index contributed by atoms with van der Waals surface area (Å²) in [6, 6.07) is 3.72. The second-order valence-corrected chi connectivity index (χ2v) is 6.01. The van der Waals surface area contributed by atoms with Crippen molar-refractivity contribution < 1.29 is 23.1 Å². The summed E-state index contributed by atoms with van der Waals surface area (Å²) in [5, 5.41) is 8.86. The van der Waals surface area contributed by atoms with Crippen LogP contribution in [-0.4, -0.2) is 47.2 Å². The van der Waals surface area contributed by atoms with E-state index < -0.39 is 17.8 Å². The van der Waals surface area contributed by atoms with Gasteiger partial charge in [-0.15, -0.1) is 0 Å². The second-order valence-electron chi connectivity index (χ2n) is 4.85. The lowest BCUT2D eigenvalue weighted by atomic mass is 10.1. The smallest absolute Gasteiger partial charge is 0.416 e. The molecule has 1 amide bonds. The van der Waals surface area contributed by atoms with Gasteiger partial charge < -0.3 is 10.0 Å². The molecule has 1 fully saturated rings. The topological polar surface area (TPSA) is 43.8 Å². The molecule has 4 nitrogen and oxygen atoms in total. The Labute approximate surface area is 133 Å². The molecule has 1 aliphatic heterocycles. The lowest BCUT2D eigenvalue weighted by Crippen LogP contribution is -2.47. The molecule has 0 aromatic heterocycles. The van der Waals surface area contributed by atoms with Crippen LogP contribution in [0.4, 0.5) is 18.0 Å². The average Bonchev–Trinajstić information content (AvgIpc) is 2.40. The highest BCUT2D eigenvalue weighted by Crippen LogP contribution is 2.31. The summed E-state index contributed by atoms with van der Waals surface area (Å²) in [6.45, 7) is 2.55. The van der Waals surface area contributed by atoms with Crippen molar-refractivity contribution in [2.24, 2.45) is 0 Å². The number of nitrogens with zero attached hydrogens (tertiary/aromatic N) is 2. The number of piperazine rings is 1. The number of amides is 1. The van der Waals surface area contributed by atoms with Crippen LogP contribution in [0.25, 0.3) is 0 Å². The van der Waals surface area contributed by atoms with Crippen LogP contribution in [0, 0.1) is 3.57 Å². The molecule has 0 spiro atoms. The maximum Gasteiger partial charge on any atom is 0.416 e. The van der Waals surface area contributed by atoms with Gasteiger partial charge in [0.2, 0.25) is 0 Å². The maximum atomic E-state index is 12.6. The van der Waals surface area contributed by atoms with Gasteiger partial charge in [0, 0.05) is 36.3 Å². The molecular formula is C13H14F3IN2O2. The van der Waals surface area contributed by atoms with Crippen LogP contribution in [-0.2, 0) is 12.7 Å². The molecule has 21 heavy (non-hydrogen) atoms. The Morgan fingerprint density at radius 2 is 1.86 bits per heavy atom. The molecule has 116 valence electrons. The summed E-state index contributed by atoms with van der Waals surface area (Å²) in [5.74, 6) is 0. The van der Waals surface area contributed by atoms with Crippen LogP contribution in [0.5, 0.6) is 0 Å². The van der Waals surface area contributed by atoms with Gasteiger partial charge in [-0.1, -0.05) is 6.07 Å². The molecule has 0 radical (unpaired) electrons. The predicted octanol–water partition coefficient (Wildman–Crippen LogP) is 3.11. The Kier molecular flexibility index (Phi) is 4.97. The van der Waals surface area contributed by atoms with Crippen LogP contribution >= 0.6 is 22.6 Å². The molecule has 8 heteroatoms. The van der Waals surface area contributed by atoms with E-state index in [1.807, 2.05) is 27.5 Å². The second kappa shape index (κ2) is 6.39. The summed E-state index contributed by atoms with van der Waals surface area (Å²) in [7, 11) is 0. The van der Waals surface area contributed by atoms with Gasteiger partial charge in [-0.25, -0.2) is 4.79 Å². The molecule has 1 aromatic rings. The third-order valence-electron chi connectivity index (χ3n) is 3.42. The highest BCUT2D eigenvalue weighted by molar-refractivity contribution is 14.1. The summed E-state index contributed by atoms with van der Waals surface area (Å²) in [6.07, 6.45) is -5.26. The van der Waals surface area contributed by atoms with Crippen molar-refractivity contribution in [2.75, 3.05) is 26.2 Å². The quantitative estimate of drug-likeness (QED) is 0.757. The Hall–Kier alpha value is -1.03. The summed E-state index contributed by atoms with van der Waals surface area (Å²) in [5.41, 5.74) is 0.179. The Morgan fingerprint density at radius 3 is 2.33 bits per heavy atom. The van der Waals surface area contributed by atoms with Crippen molar-refractivity contribution in [1.29, 1.82) is 0 Å². The van der Waals surface area contributed by atoms with Crippen LogP contribution in [0.3, 0.4) is 0 Å². The van der Waals surface area contributed by atoms with E-state index in [4.69, 9.17) is 5.11 Å². The largest absolute Gasteiger partial charge is 0.465 e. The standard InChI is InChI=1S/C13H14F3IN2O2/c14-13(15,16)10-2-1-9(11(17)7-10)8-18-3-5-19(6-4-18)12(20)21/h1-2,7H,3-6,8H2,(H,20,21). The van der Waals surface area contributed by atoms with Gasteiger partial charge in [-0.05, 0) is 40.3 Å². The van der Waals surface area contributed by atoms with Gasteiger partial charge in [-0.2, -0.15) is 13.2 Å². The van der Waals surface area contributed by atoms with Crippen molar-refractivity contribution >= 4 is 28.7 Å². The molecular weight excluding hydrogens is 400 g/mol. The fraction of sp³-hybridized carbons (Fsp3) is 0.462. The zero-order valence-corrected chi connectivity index (χ0v) is 13.2. The minimum absolute atomic E-state index is 0.423. The maximum absolute atomic E-state index is 12.6. The lowest BCUT2D eigenvalue weighted by molar-refractivity contribution is -0.137. The number of carbonyl (C=O) groups is 1. The van der Waals surface area contributed by atoms with Crippen LogP contribution < -0.4 is 0 Å². The lowest BCUT2D eigenvalue weighted by Gasteiger charge is -2.33. The third-order valence-corrected chi connectivity index (χ3v) is 4.42. The fourth-order valence-corrected chi connectivity index (χ4v) is 2.88. The summed E-state index contributed by atoms with van der Waals surface area (Å²) in [4.78, 5) is 14.2. The van der Waals surface area contributed by atoms with Gasteiger partial charge in [0.15, 0.2) is 0 Å². The highest BCUT2D eigenvalue weighted by Gasteiger charge is 2.31. The van der Waals surface area contributed by atoms with Gasteiger partial charge in [-0.3, -0.25) is 4.90 Å². The third kappa shape index (κ3) is 4.22. The fourth-order valence-electron chi connectivity index (χ4n) is 2.19. The first-order valence-electron chi connectivity index (χ1n) is 6.33. The molecule has 0 atom stereocenters. The Bertz CT molecular complexity index is 529. The van der Waals surface area contributed by atoms with Crippen molar-refractivity contribution in [3.63, 3.8) is 0 Å². The highest BCUT2D eigenvalue weighted by atomic mass is 127.